The lowest BCUT2D eigenvalue weighted by molar-refractivity contribution is -0.133. The molecule has 6 heteroatoms. The standard InChI is InChI=1S/C23H28N2O3S/c1-18-9-11-20(12-10-18)29(27,28)25-16-13-19-7-3-4-8-21(19)22(25)17-23(26)24-14-5-2-6-15-24/h3-4,7-12,22H,2,5-6,13-17H2,1H3. The number of sulfonamides is 1. The van der Waals surface area contributed by atoms with Gasteiger partial charge in [0.1, 0.15) is 0 Å². The Kier molecular flexibility index (Phi) is 5.74. The minimum Gasteiger partial charge on any atom is -0.343 e. The second kappa shape index (κ2) is 8.28. The number of piperidine rings is 1. The molecule has 29 heavy (non-hydrogen) atoms. The average molecular weight is 413 g/mol. The van der Waals surface area contributed by atoms with Crippen LogP contribution in [0.15, 0.2) is 53.4 Å². The van der Waals surface area contributed by atoms with Gasteiger partial charge in [0.05, 0.1) is 10.9 Å². The van der Waals surface area contributed by atoms with E-state index in [2.05, 4.69) is 0 Å². The number of carbonyl (C=O) groups excluding carboxylic acids is 1. The SMILES string of the molecule is Cc1ccc(S(=O)(=O)N2CCc3ccccc3C2CC(=O)N2CCCCC2)cc1. The van der Waals surface area contributed by atoms with Crippen LogP contribution in [0.5, 0.6) is 0 Å². The maximum absolute atomic E-state index is 13.5. The summed E-state index contributed by atoms with van der Waals surface area (Å²) in [4.78, 5) is 15.2. The van der Waals surface area contributed by atoms with E-state index in [-0.39, 0.29) is 17.2 Å². The Morgan fingerprint density at radius 3 is 2.38 bits per heavy atom. The van der Waals surface area contributed by atoms with E-state index in [1.165, 1.54) is 0 Å². The van der Waals surface area contributed by atoms with Crippen molar-refractivity contribution < 1.29 is 13.2 Å². The summed E-state index contributed by atoms with van der Waals surface area (Å²) in [5, 5.41) is 0. The minimum atomic E-state index is -3.68. The quantitative estimate of drug-likeness (QED) is 0.770. The second-order valence-corrected chi connectivity index (χ2v) is 9.93. The first kappa shape index (κ1) is 20.1. The number of benzene rings is 2. The fourth-order valence-electron chi connectivity index (χ4n) is 4.41. The molecule has 4 rings (SSSR count). The lowest BCUT2D eigenvalue weighted by Gasteiger charge is -2.37. The van der Waals surface area contributed by atoms with E-state index in [1.54, 1.807) is 16.4 Å². The molecule has 1 atom stereocenters. The van der Waals surface area contributed by atoms with Gasteiger partial charge in [0.15, 0.2) is 0 Å². The Balaban J connectivity index is 1.68. The number of rotatable bonds is 4. The van der Waals surface area contributed by atoms with Crippen molar-refractivity contribution in [2.24, 2.45) is 0 Å². The molecule has 0 spiro atoms. The van der Waals surface area contributed by atoms with Gasteiger partial charge in [-0.1, -0.05) is 42.0 Å². The Bertz CT molecular complexity index is 979. The normalized spacial score (nSPS) is 20.3. The lowest BCUT2D eigenvalue weighted by atomic mass is 9.92. The molecule has 1 fully saturated rings. The molecule has 2 aromatic carbocycles. The maximum Gasteiger partial charge on any atom is 0.243 e. The molecule has 2 heterocycles. The van der Waals surface area contributed by atoms with Crippen LogP contribution in [0, 0.1) is 6.92 Å². The second-order valence-electron chi connectivity index (χ2n) is 8.04. The van der Waals surface area contributed by atoms with Crippen LogP contribution in [0.25, 0.3) is 0 Å². The summed E-state index contributed by atoms with van der Waals surface area (Å²) in [5.74, 6) is 0.0514. The predicted molar refractivity (Wildman–Crippen MR) is 113 cm³/mol. The summed E-state index contributed by atoms with van der Waals surface area (Å²) in [7, 11) is -3.68. The van der Waals surface area contributed by atoms with Gasteiger partial charge in [-0.2, -0.15) is 4.31 Å². The van der Waals surface area contributed by atoms with Gasteiger partial charge in [-0.3, -0.25) is 4.79 Å². The molecule has 0 saturated carbocycles. The molecule has 5 nitrogen and oxygen atoms in total. The van der Waals surface area contributed by atoms with Crippen LogP contribution >= 0.6 is 0 Å². The third kappa shape index (κ3) is 4.09. The number of hydrogen-bond donors (Lipinski definition) is 0. The van der Waals surface area contributed by atoms with E-state index in [9.17, 15) is 13.2 Å². The zero-order valence-electron chi connectivity index (χ0n) is 16.9. The highest BCUT2D eigenvalue weighted by atomic mass is 32.2. The van der Waals surface area contributed by atoms with E-state index < -0.39 is 16.1 Å². The van der Waals surface area contributed by atoms with Crippen LogP contribution in [0.4, 0.5) is 0 Å². The van der Waals surface area contributed by atoms with E-state index in [4.69, 9.17) is 0 Å². The van der Waals surface area contributed by atoms with Crippen molar-refractivity contribution in [3.63, 3.8) is 0 Å². The van der Waals surface area contributed by atoms with Crippen LogP contribution in [0.1, 0.15) is 48.4 Å². The third-order valence-electron chi connectivity index (χ3n) is 6.07. The number of fused-ring (bicyclic) bond motifs is 1. The van der Waals surface area contributed by atoms with Gasteiger partial charge < -0.3 is 4.90 Å². The Hall–Kier alpha value is -2.18. The molecule has 0 radical (unpaired) electrons. The fourth-order valence-corrected chi connectivity index (χ4v) is 6.02. The topological polar surface area (TPSA) is 57.7 Å². The Labute approximate surface area is 173 Å². The molecule has 2 aliphatic rings. The monoisotopic (exact) mass is 412 g/mol. The number of nitrogens with zero attached hydrogens (tertiary/aromatic N) is 2. The van der Waals surface area contributed by atoms with Crippen molar-refractivity contribution in [3.05, 3.63) is 65.2 Å². The van der Waals surface area contributed by atoms with Gasteiger partial charge >= 0.3 is 0 Å². The van der Waals surface area contributed by atoms with Crippen LogP contribution in [-0.4, -0.2) is 43.2 Å². The van der Waals surface area contributed by atoms with Gasteiger partial charge in [0.2, 0.25) is 15.9 Å². The van der Waals surface area contributed by atoms with E-state index in [0.717, 1.165) is 49.0 Å². The van der Waals surface area contributed by atoms with Gasteiger partial charge in [0.25, 0.3) is 0 Å². The number of amides is 1. The zero-order valence-corrected chi connectivity index (χ0v) is 17.7. The van der Waals surface area contributed by atoms with Crippen molar-refractivity contribution in [2.75, 3.05) is 19.6 Å². The minimum absolute atomic E-state index is 0.0514. The van der Waals surface area contributed by atoms with Crippen molar-refractivity contribution >= 4 is 15.9 Å². The molecule has 2 aromatic rings. The van der Waals surface area contributed by atoms with Gasteiger partial charge in [0, 0.05) is 26.1 Å². The highest BCUT2D eigenvalue weighted by molar-refractivity contribution is 7.89. The lowest BCUT2D eigenvalue weighted by Crippen LogP contribution is -2.43. The third-order valence-corrected chi connectivity index (χ3v) is 7.99. The molecule has 0 N–H and O–H groups in total. The highest BCUT2D eigenvalue weighted by Crippen LogP contribution is 2.37. The summed E-state index contributed by atoms with van der Waals surface area (Å²) in [6.45, 7) is 3.88. The molecule has 0 bridgehead atoms. The molecule has 1 amide bonds. The molecular formula is C23H28N2O3S. The summed E-state index contributed by atoms with van der Waals surface area (Å²) < 4.78 is 28.5. The molecular weight excluding hydrogens is 384 g/mol. The Morgan fingerprint density at radius 2 is 1.66 bits per heavy atom. The van der Waals surface area contributed by atoms with Crippen molar-refractivity contribution in [3.8, 4) is 0 Å². The fraction of sp³-hybridized carbons (Fsp3) is 0.435. The smallest absolute Gasteiger partial charge is 0.243 e. The number of carbonyl (C=O) groups is 1. The molecule has 1 saturated heterocycles. The van der Waals surface area contributed by atoms with E-state index >= 15 is 0 Å². The highest BCUT2D eigenvalue weighted by Gasteiger charge is 2.38. The molecule has 0 aliphatic carbocycles. The van der Waals surface area contributed by atoms with Crippen LogP contribution in [-0.2, 0) is 21.2 Å². The molecule has 0 aromatic heterocycles. The first-order valence-corrected chi connectivity index (χ1v) is 11.8. The number of hydrogen-bond acceptors (Lipinski definition) is 3. The summed E-state index contributed by atoms with van der Waals surface area (Å²) in [6, 6.07) is 14.4. The van der Waals surface area contributed by atoms with Gasteiger partial charge in [-0.05, 0) is 55.9 Å². The zero-order chi connectivity index (χ0) is 20.4. The van der Waals surface area contributed by atoms with Gasteiger partial charge in [-0.15, -0.1) is 0 Å². The first-order valence-electron chi connectivity index (χ1n) is 10.4. The summed E-state index contributed by atoms with van der Waals surface area (Å²) in [6.07, 6.45) is 4.07. The Morgan fingerprint density at radius 1 is 0.966 bits per heavy atom. The van der Waals surface area contributed by atoms with E-state index in [0.29, 0.717) is 13.0 Å². The predicted octanol–water partition coefficient (Wildman–Crippen LogP) is 3.69. The van der Waals surface area contributed by atoms with Crippen molar-refractivity contribution in [2.45, 2.75) is 50.0 Å². The van der Waals surface area contributed by atoms with Crippen LogP contribution in [0.3, 0.4) is 0 Å². The largest absolute Gasteiger partial charge is 0.343 e. The maximum atomic E-state index is 13.5. The van der Waals surface area contributed by atoms with Crippen molar-refractivity contribution in [1.82, 2.24) is 9.21 Å². The van der Waals surface area contributed by atoms with Crippen molar-refractivity contribution in [1.29, 1.82) is 0 Å². The molecule has 2 aliphatic heterocycles. The average Bonchev–Trinajstić information content (AvgIpc) is 2.74. The first-order chi connectivity index (χ1) is 14.0. The summed E-state index contributed by atoms with van der Waals surface area (Å²) in [5.41, 5.74) is 3.11. The molecule has 1 unspecified atom stereocenters. The van der Waals surface area contributed by atoms with Crippen LogP contribution in [0.2, 0.25) is 0 Å². The van der Waals surface area contributed by atoms with E-state index in [1.807, 2.05) is 48.2 Å². The number of likely N-dealkylation sites (tertiary alicyclic amines) is 1. The molecule has 154 valence electrons. The van der Waals surface area contributed by atoms with Crippen LogP contribution < -0.4 is 0 Å². The summed E-state index contributed by atoms with van der Waals surface area (Å²) >= 11 is 0. The number of aryl methyl sites for hydroxylation is 1. The van der Waals surface area contributed by atoms with Gasteiger partial charge in [-0.25, -0.2) is 8.42 Å².